The normalized spacial score (nSPS) is 15.6. The van der Waals surface area contributed by atoms with Gasteiger partial charge in [-0.1, -0.05) is 66.7 Å². The van der Waals surface area contributed by atoms with Crippen LogP contribution in [0.5, 0.6) is 0 Å². The Labute approximate surface area is 202 Å². The van der Waals surface area contributed by atoms with Gasteiger partial charge in [0.25, 0.3) is 5.91 Å². The topological polar surface area (TPSA) is 52.7 Å². The van der Waals surface area contributed by atoms with Crippen LogP contribution in [0.3, 0.4) is 0 Å². The lowest BCUT2D eigenvalue weighted by molar-refractivity contribution is -0.138. The zero-order valence-corrected chi connectivity index (χ0v) is 19.0. The third kappa shape index (κ3) is 5.96. The maximum Gasteiger partial charge on any atom is 0.417 e. The highest BCUT2D eigenvalue weighted by molar-refractivity contribution is 5.96. The summed E-state index contributed by atoms with van der Waals surface area (Å²) in [6, 6.07) is 22.9. The van der Waals surface area contributed by atoms with Gasteiger partial charge in [0.2, 0.25) is 0 Å². The number of piperazine rings is 1. The molecule has 0 bridgehead atoms. The van der Waals surface area contributed by atoms with E-state index in [1.165, 1.54) is 23.1 Å². The van der Waals surface area contributed by atoms with Crippen LogP contribution in [0.25, 0.3) is 11.1 Å². The molecule has 1 atom stereocenters. The van der Waals surface area contributed by atoms with E-state index in [2.05, 4.69) is 5.32 Å². The Morgan fingerprint density at radius 3 is 2.09 bits per heavy atom. The number of alkyl halides is 3. The number of hydrogen-bond donors (Lipinski definition) is 1. The zero-order chi connectivity index (χ0) is 24.8. The van der Waals surface area contributed by atoms with E-state index in [9.17, 15) is 22.8 Å². The number of carbonyl (C=O) groups is 2. The molecule has 0 spiro atoms. The van der Waals surface area contributed by atoms with Crippen molar-refractivity contribution in [2.24, 2.45) is 0 Å². The third-order valence-electron chi connectivity index (χ3n) is 6.16. The smallest absolute Gasteiger partial charge is 0.336 e. The number of rotatable bonds is 7. The maximum absolute atomic E-state index is 13.3. The van der Waals surface area contributed by atoms with E-state index >= 15 is 0 Å². The highest BCUT2D eigenvalue weighted by atomic mass is 19.4. The van der Waals surface area contributed by atoms with E-state index in [1.54, 1.807) is 0 Å². The number of nitrogens with zero attached hydrogens (tertiary/aromatic N) is 2. The van der Waals surface area contributed by atoms with Crippen molar-refractivity contribution in [3.8, 4) is 11.1 Å². The second-order valence-electron chi connectivity index (χ2n) is 8.40. The van der Waals surface area contributed by atoms with Crippen molar-refractivity contribution >= 4 is 12.2 Å². The van der Waals surface area contributed by atoms with Crippen molar-refractivity contribution in [2.45, 2.75) is 18.9 Å². The average Bonchev–Trinajstić information content (AvgIpc) is 2.89. The van der Waals surface area contributed by atoms with Crippen molar-refractivity contribution in [3.05, 3.63) is 95.6 Å². The first-order valence-electron chi connectivity index (χ1n) is 11.4. The quantitative estimate of drug-likeness (QED) is 0.507. The van der Waals surface area contributed by atoms with Crippen molar-refractivity contribution in [1.82, 2.24) is 15.1 Å². The van der Waals surface area contributed by atoms with Gasteiger partial charge in [0.05, 0.1) is 11.1 Å². The van der Waals surface area contributed by atoms with Gasteiger partial charge in [0.1, 0.15) is 6.17 Å². The molecule has 3 aromatic carbocycles. The van der Waals surface area contributed by atoms with Crippen molar-refractivity contribution in [1.29, 1.82) is 0 Å². The predicted octanol–water partition coefficient (Wildman–Crippen LogP) is 4.45. The first-order valence-corrected chi connectivity index (χ1v) is 11.4. The molecule has 3 aromatic rings. The summed E-state index contributed by atoms with van der Waals surface area (Å²) in [5.74, 6) is -0.647. The van der Waals surface area contributed by atoms with E-state index in [4.69, 9.17) is 0 Å². The van der Waals surface area contributed by atoms with E-state index in [0.717, 1.165) is 29.0 Å². The van der Waals surface area contributed by atoms with Crippen LogP contribution in [0, 0.1) is 0 Å². The molecule has 1 aliphatic heterocycles. The van der Waals surface area contributed by atoms with Crippen LogP contribution in [-0.2, 0) is 17.5 Å². The molecule has 1 N–H and O–H groups in total. The Morgan fingerprint density at radius 2 is 1.46 bits per heavy atom. The molecule has 1 fully saturated rings. The first kappa shape index (κ1) is 24.6. The molecule has 1 heterocycles. The van der Waals surface area contributed by atoms with Gasteiger partial charge in [0, 0.05) is 32.7 Å². The predicted molar refractivity (Wildman–Crippen MR) is 127 cm³/mol. The summed E-state index contributed by atoms with van der Waals surface area (Å²) in [5.41, 5.74) is 1.97. The van der Waals surface area contributed by atoms with E-state index < -0.39 is 23.8 Å². The van der Waals surface area contributed by atoms with Crippen LogP contribution >= 0.6 is 0 Å². The van der Waals surface area contributed by atoms with Gasteiger partial charge in [-0.05, 0) is 28.8 Å². The van der Waals surface area contributed by atoms with E-state index in [1.807, 2.05) is 59.5 Å². The second-order valence-corrected chi connectivity index (χ2v) is 8.40. The van der Waals surface area contributed by atoms with Gasteiger partial charge < -0.3 is 9.69 Å². The van der Waals surface area contributed by atoms with Crippen molar-refractivity contribution in [2.75, 3.05) is 26.2 Å². The summed E-state index contributed by atoms with van der Waals surface area (Å²) >= 11 is 0. The lowest BCUT2D eigenvalue weighted by Gasteiger charge is -2.37. The Bertz CT molecular complexity index is 1140. The molecular weight excluding hydrogens is 455 g/mol. The molecule has 1 aliphatic rings. The average molecular weight is 482 g/mol. The number of amides is 1. The minimum absolute atomic E-state index is 0.239. The van der Waals surface area contributed by atoms with Crippen molar-refractivity contribution in [3.63, 3.8) is 0 Å². The van der Waals surface area contributed by atoms with E-state index in [0.29, 0.717) is 19.6 Å². The van der Waals surface area contributed by atoms with Crippen LogP contribution < -0.4 is 5.32 Å². The highest BCUT2D eigenvalue weighted by Crippen LogP contribution is 2.32. The standard InChI is InChI=1S/C27H26F3N3O2/c28-27(29,30)24-9-5-4-8-23(24)26(35)33-16-14-32(15-17-33)25(19-34)31-18-20-10-12-22(13-11-20)21-6-2-1-3-7-21/h1-13,19,25,31H,14-18H2. The fourth-order valence-corrected chi connectivity index (χ4v) is 4.22. The highest BCUT2D eigenvalue weighted by Gasteiger charge is 2.36. The fourth-order valence-electron chi connectivity index (χ4n) is 4.22. The Morgan fingerprint density at radius 1 is 0.857 bits per heavy atom. The molecule has 1 amide bonds. The Balaban J connectivity index is 1.32. The van der Waals surface area contributed by atoms with Crippen molar-refractivity contribution < 1.29 is 22.8 Å². The minimum Gasteiger partial charge on any atom is -0.336 e. The molecule has 0 radical (unpaired) electrons. The molecule has 5 nitrogen and oxygen atoms in total. The molecule has 8 heteroatoms. The van der Waals surface area contributed by atoms with Crippen LogP contribution in [0.1, 0.15) is 21.5 Å². The number of aldehydes is 1. The fraction of sp³-hybridized carbons (Fsp3) is 0.259. The zero-order valence-electron chi connectivity index (χ0n) is 19.0. The Hall–Kier alpha value is -3.49. The molecular formula is C27H26F3N3O2. The lowest BCUT2D eigenvalue weighted by Crippen LogP contribution is -2.56. The van der Waals surface area contributed by atoms with Gasteiger partial charge in [-0.15, -0.1) is 0 Å². The van der Waals surface area contributed by atoms with E-state index in [-0.39, 0.29) is 18.7 Å². The number of benzene rings is 3. The molecule has 35 heavy (non-hydrogen) atoms. The van der Waals surface area contributed by atoms with Crippen LogP contribution in [0.2, 0.25) is 0 Å². The van der Waals surface area contributed by atoms with Crippen LogP contribution in [-0.4, -0.2) is 54.3 Å². The minimum atomic E-state index is -4.60. The molecule has 0 saturated carbocycles. The number of halogens is 3. The largest absolute Gasteiger partial charge is 0.417 e. The van der Waals surface area contributed by atoms with Gasteiger partial charge in [0.15, 0.2) is 6.29 Å². The molecule has 0 aliphatic carbocycles. The second kappa shape index (κ2) is 10.8. The summed E-state index contributed by atoms with van der Waals surface area (Å²) in [4.78, 5) is 27.8. The number of hydrogen-bond acceptors (Lipinski definition) is 4. The lowest BCUT2D eigenvalue weighted by atomic mass is 10.0. The van der Waals surface area contributed by atoms with Crippen LogP contribution in [0.15, 0.2) is 78.9 Å². The van der Waals surface area contributed by atoms with Crippen LogP contribution in [0.4, 0.5) is 13.2 Å². The summed E-state index contributed by atoms with van der Waals surface area (Å²) in [5, 5.41) is 3.23. The summed E-state index contributed by atoms with van der Waals surface area (Å²) in [6.07, 6.45) is -4.34. The first-order chi connectivity index (χ1) is 16.9. The van der Waals surface area contributed by atoms with Gasteiger partial charge in [-0.25, -0.2) is 0 Å². The summed E-state index contributed by atoms with van der Waals surface area (Å²) in [6.45, 7) is 1.72. The summed E-state index contributed by atoms with van der Waals surface area (Å²) in [7, 11) is 0. The van der Waals surface area contributed by atoms with Gasteiger partial charge >= 0.3 is 6.18 Å². The molecule has 1 saturated heterocycles. The Kier molecular flexibility index (Phi) is 7.63. The number of nitrogens with one attached hydrogen (secondary N) is 1. The van der Waals surface area contributed by atoms with Gasteiger partial charge in [-0.3, -0.25) is 15.0 Å². The SMILES string of the molecule is O=CC(NCc1ccc(-c2ccccc2)cc1)N1CCN(C(=O)c2ccccc2C(F)(F)F)CC1. The summed E-state index contributed by atoms with van der Waals surface area (Å²) < 4.78 is 39.9. The monoisotopic (exact) mass is 481 g/mol. The molecule has 1 unspecified atom stereocenters. The molecule has 0 aromatic heterocycles. The number of carbonyl (C=O) groups excluding carboxylic acids is 2. The third-order valence-corrected chi connectivity index (χ3v) is 6.16. The van der Waals surface area contributed by atoms with Gasteiger partial charge in [-0.2, -0.15) is 13.2 Å². The molecule has 4 rings (SSSR count). The maximum atomic E-state index is 13.3. The molecule has 182 valence electrons.